The monoisotopic (exact) mass is 446 g/mol. The molecule has 5 aromatic rings. The molecule has 34 heavy (non-hydrogen) atoms. The summed E-state index contributed by atoms with van der Waals surface area (Å²) in [6, 6.07) is 18.5. The number of benzene rings is 1. The summed E-state index contributed by atoms with van der Waals surface area (Å²) in [7, 11) is 0. The molecule has 0 atom stereocenters. The molecule has 0 saturated heterocycles. The van der Waals surface area contributed by atoms with E-state index in [-0.39, 0.29) is 0 Å². The van der Waals surface area contributed by atoms with Gasteiger partial charge in [0.05, 0.1) is 22.4 Å². The SMILES string of the molecule is C=C/C(=C\C(=C/C)c1cnc2n[nH]c(-c3cc4ncccc4[nH]3)c2c1)CNCc1ccccc1. The van der Waals surface area contributed by atoms with Crippen LogP contribution in [0.1, 0.15) is 18.1 Å². The number of rotatable bonds is 8. The van der Waals surface area contributed by atoms with Gasteiger partial charge in [0.25, 0.3) is 0 Å². The number of hydrogen-bond donors (Lipinski definition) is 3. The van der Waals surface area contributed by atoms with Crippen molar-refractivity contribution in [2.45, 2.75) is 13.5 Å². The molecule has 4 aromatic heterocycles. The van der Waals surface area contributed by atoms with E-state index in [1.165, 1.54) is 5.56 Å². The normalized spacial score (nSPS) is 12.5. The summed E-state index contributed by atoms with van der Waals surface area (Å²) in [4.78, 5) is 12.4. The van der Waals surface area contributed by atoms with Crippen LogP contribution in [0.15, 0.2) is 97.4 Å². The molecule has 0 radical (unpaired) electrons. The summed E-state index contributed by atoms with van der Waals surface area (Å²) in [5.74, 6) is 0. The van der Waals surface area contributed by atoms with Gasteiger partial charge >= 0.3 is 0 Å². The van der Waals surface area contributed by atoms with Crippen LogP contribution in [-0.2, 0) is 6.54 Å². The van der Waals surface area contributed by atoms with E-state index in [1.807, 2.05) is 43.5 Å². The van der Waals surface area contributed by atoms with Crippen LogP contribution in [0.4, 0.5) is 0 Å². The highest BCUT2D eigenvalue weighted by molar-refractivity contribution is 5.95. The third kappa shape index (κ3) is 4.44. The Kier molecular flexibility index (Phi) is 6.14. The number of hydrogen-bond acceptors (Lipinski definition) is 4. The number of pyridine rings is 2. The molecule has 0 spiro atoms. The Balaban J connectivity index is 1.41. The number of aromatic nitrogens is 5. The average Bonchev–Trinajstić information content (AvgIpc) is 3.50. The van der Waals surface area contributed by atoms with E-state index in [2.05, 4.69) is 79.5 Å². The van der Waals surface area contributed by atoms with Gasteiger partial charge < -0.3 is 10.3 Å². The van der Waals surface area contributed by atoms with Crippen molar-refractivity contribution < 1.29 is 0 Å². The molecule has 5 rings (SSSR count). The Labute approximate surface area is 198 Å². The highest BCUT2D eigenvalue weighted by Crippen LogP contribution is 2.29. The predicted octanol–water partition coefficient (Wildman–Crippen LogP) is 5.81. The highest BCUT2D eigenvalue weighted by Gasteiger charge is 2.13. The maximum absolute atomic E-state index is 4.60. The Morgan fingerprint density at radius 3 is 2.76 bits per heavy atom. The van der Waals surface area contributed by atoms with Gasteiger partial charge in [0.2, 0.25) is 0 Å². The van der Waals surface area contributed by atoms with Crippen LogP contribution in [-0.4, -0.2) is 31.7 Å². The number of fused-ring (bicyclic) bond motifs is 2. The van der Waals surface area contributed by atoms with E-state index >= 15 is 0 Å². The largest absolute Gasteiger partial charge is 0.352 e. The molecule has 0 aliphatic rings. The highest BCUT2D eigenvalue weighted by atomic mass is 15.2. The lowest BCUT2D eigenvalue weighted by Crippen LogP contribution is -2.15. The Morgan fingerprint density at radius 1 is 1.09 bits per heavy atom. The Hall–Kier alpha value is -4.29. The first kappa shape index (κ1) is 21.6. The Morgan fingerprint density at radius 2 is 1.97 bits per heavy atom. The molecule has 0 bridgehead atoms. The molecule has 0 aliphatic heterocycles. The van der Waals surface area contributed by atoms with Crippen molar-refractivity contribution in [3.05, 3.63) is 108 Å². The van der Waals surface area contributed by atoms with Crippen LogP contribution in [0.5, 0.6) is 0 Å². The van der Waals surface area contributed by atoms with Crippen LogP contribution in [0, 0.1) is 0 Å². The summed E-state index contributed by atoms with van der Waals surface area (Å²) in [5, 5.41) is 12.0. The zero-order chi connectivity index (χ0) is 23.3. The van der Waals surface area contributed by atoms with Gasteiger partial charge in [-0.05, 0) is 47.9 Å². The van der Waals surface area contributed by atoms with E-state index in [0.717, 1.165) is 57.6 Å². The summed E-state index contributed by atoms with van der Waals surface area (Å²) in [6.07, 6.45) is 9.80. The van der Waals surface area contributed by atoms with E-state index in [1.54, 1.807) is 6.20 Å². The summed E-state index contributed by atoms with van der Waals surface area (Å²) in [6.45, 7) is 7.58. The van der Waals surface area contributed by atoms with Crippen molar-refractivity contribution in [1.29, 1.82) is 0 Å². The molecule has 6 heteroatoms. The minimum Gasteiger partial charge on any atom is -0.352 e. The lowest BCUT2D eigenvalue weighted by Gasteiger charge is -2.08. The fourth-order valence-electron chi connectivity index (χ4n) is 4.02. The number of H-pyrrole nitrogens is 2. The Bertz CT molecular complexity index is 1470. The van der Waals surface area contributed by atoms with Gasteiger partial charge in [0.15, 0.2) is 5.65 Å². The molecule has 0 aliphatic carbocycles. The molecule has 0 amide bonds. The number of allylic oxidation sites excluding steroid dienone is 3. The van der Waals surface area contributed by atoms with E-state index < -0.39 is 0 Å². The molecule has 168 valence electrons. The first-order valence-corrected chi connectivity index (χ1v) is 11.3. The third-order valence-corrected chi connectivity index (χ3v) is 5.82. The second kappa shape index (κ2) is 9.68. The molecule has 0 fully saturated rings. The minimum absolute atomic E-state index is 0.679. The molecule has 3 N–H and O–H groups in total. The van der Waals surface area contributed by atoms with E-state index in [9.17, 15) is 0 Å². The standard InChI is InChI=1S/C28H26N6/c1-3-19(16-29-17-20-9-6-5-7-10-20)13-21(4-2)22-14-23-27(33-34-28(23)31-18-22)26-15-25-24(32-26)11-8-12-30-25/h3-15,18,29,32H,1,16-17H2,2H3,(H,31,33,34)/b19-13+,21-4+. The van der Waals surface area contributed by atoms with Gasteiger partial charge in [-0.25, -0.2) is 4.98 Å². The number of nitrogens with zero attached hydrogens (tertiary/aromatic N) is 3. The van der Waals surface area contributed by atoms with Crippen molar-refractivity contribution in [3.63, 3.8) is 0 Å². The molecular formula is C28H26N6. The topological polar surface area (TPSA) is 82.3 Å². The first-order valence-electron chi connectivity index (χ1n) is 11.3. The van der Waals surface area contributed by atoms with E-state index in [0.29, 0.717) is 5.65 Å². The van der Waals surface area contributed by atoms with Gasteiger partial charge in [-0.3, -0.25) is 10.1 Å². The molecule has 0 unspecified atom stereocenters. The van der Waals surface area contributed by atoms with Gasteiger partial charge in [-0.15, -0.1) is 0 Å². The summed E-state index contributed by atoms with van der Waals surface area (Å²) >= 11 is 0. The second-order valence-corrected chi connectivity index (χ2v) is 8.07. The zero-order valence-electron chi connectivity index (χ0n) is 19.0. The molecule has 4 heterocycles. The van der Waals surface area contributed by atoms with Crippen molar-refractivity contribution in [2.75, 3.05) is 6.54 Å². The van der Waals surface area contributed by atoms with Crippen LogP contribution >= 0.6 is 0 Å². The lowest BCUT2D eigenvalue weighted by atomic mass is 10.0. The van der Waals surface area contributed by atoms with Crippen LogP contribution in [0.3, 0.4) is 0 Å². The fourth-order valence-corrected chi connectivity index (χ4v) is 4.02. The van der Waals surface area contributed by atoms with Crippen LogP contribution in [0.2, 0.25) is 0 Å². The minimum atomic E-state index is 0.679. The predicted molar refractivity (Wildman–Crippen MR) is 139 cm³/mol. The molecule has 6 nitrogen and oxygen atoms in total. The average molecular weight is 447 g/mol. The van der Waals surface area contributed by atoms with Crippen molar-refractivity contribution in [1.82, 2.24) is 30.5 Å². The van der Waals surface area contributed by atoms with Crippen LogP contribution in [0.25, 0.3) is 39.0 Å². The van der Waals surface area contributed by atoms with E-state index in [4.69, 9.17) is 0 Å². The van der Waals surface area contributed by atoms with Gasteiger partial charge in [0.1, 0.15) is 0 Å². The fraction of sp³-hybridized carbons (Fsp3) is 0.107. The van der Waals surface area contributed by atoms with Crippen molar-refractivity contribution in [2.24, 2.45) is 0 Å². The van der Waals surface area contributed by atoms with Crippen molar-refractivity contribution >= 4 is 27.6 Å². The van der Waals surface area contributed by atoms with Gasteiger partial charge in [0, 0.05) is 36.4 Å². The smallest absolute Gasteiger partial charge is 0.181 e. The van der Waals surface area contributed by atoms with Crippen molar-refractivity contribution in [3.8, 4) is 11.4 Å². The quantitative estimate of drug-likeness (QED) is 0.263. The molecular weight excluding hydrogens is 420 g/mol. The first-order chi connectivity index (χ1) is 16.7. The van der Waals surface area contributed by atoms with Gasteiger partial charge in [-0.2, -0.15) is 5.10 Å². The maximum atomic E-state index is 4.60. The van der Waals surface area contributed by atoms with Gasteiger partial charge in [-0.1, -0.05) is 55.1 Å². The molecule has 1 aromatic carbocycles. The second-order valence-electron chi connectivity index (χ2n) is 8.07. The molecule has 0 saturated carbocycles. The third-order valence-electron chi connectivity index (χ3n) is 5.82. The number of aromatic amines is 2. The summed E-state index contributed by atoms with van der Waals surface area (Å²) in [5.41, 5.74) is 8.88. The number of nitrogens with one attached hydrogen (secondary N) is 3. The van der Waals surface area contributed by atoms with Crippen LogP contribution < -0.4 is 5.32 Å². The maximum Gasteiger partial charge on any atom is 0.181 e. The zero-order valence-corrected chi connectivity index (χ0v) is 19.0. The summed E-state index contributed by atoms with van der Waals surface area (Å²) < 4.78 is 0. The lowest BCUT2D eigenvalue weighted by molar-refractivity contribution is 0.747.